The molecule has 0 aliphatic carbocycles. The number of nitrogens with two attached hydrogens (primary N) is 1. The number of hydrogen-bond donors (Lipinski definition) is 3. The molecule has 0 radical (unpaired) electrons. The van der Waals surface area contributed by atoms with Gasteiger partial charge in [-0.1, -0.05) is 0 Å². The van der Waals surface area contributed by atoms with E-state index >= 15 is 0 Å². The first kappa shape index (κ1) is 30.1. The van der Waals surface area contributed by atoms with Gasteiger partial charge in [-0.25, -0.2) is 4.39 Å². The highest BCUT2D eigenvalue weighted by atomic mass is 19.1. The number of carbonyl (C=O) groups is 3. The Balaban J connectivity index is 1.27. The smallest absolute Gasteiger partial charge is 0.256 e. The summed E-state index contributed by atoms with van der Waals surface area (Å²) in [5, 5.41) is 13.2. The fourth-order valence-electron chi connectivity index (χ4n) is 4.75. The van der Waals surface area contributed by atoms with E-state index < -0.39 is 29.8 Å². The zero-order valence-corrected chi connectivity index (χ0v) is 23.1. The Morgan fingerprint density at radius 2 is 2.10 bits per heavy atom. The highest BCUT2D eigenvalue weighted by Crippen LogP contribution is 2.22. The molecule has 4 N–H and O–H groups in total. The van der Waals surface area contributed by atoms with Crippen molar-refractivity contribution in [2.45, 2.75) is 38.4 Å². The van der Waals surface area contributed by atoms with Crippen LogP contribution in [0.2, 0.25) is 0 Å². The van der Waals surface area contributed by atoms with Gasteiger partial charge in [0, 0.05) is 56.3 Å². The Kier molecular flexibility index (Phi) is 10.4. The van der Waals surface area contributed by atoms with Gasteiger partial charge < -0.3 is 35.4 Å². The van der Waals surface area contributed by atoms with Gasteiger partial charge in [-0.3, -0.25) is 19.4 Å². The van der Waals surface area contributed by atoms with Crippen LogP contribution >= 0.6 is 0 Å². The number of halogens is 1. The predicted molar refractivity (Wildman–Crippen MR) is 152 cm³/mol. The van der Waals surface area contributed by atoms with Crippen molar-refractivity contribution < 1.29 is 33.4 Å². The van der Waals surface area contributed by atoms with E-state index in [0.29, 0.717) is 75.7 Å². The molecular weight excluding hydrogens is 533 g/mol. The molecule has 0 bridgehead atoms. The van der Waals surface area contributed by atoms with Crippen LogP contribution in [0.4, 0.5) is 15.8 Å². The Morgan fingerprint density at radius 3 is 2.90 bits per heavy atom. The second-order valence-corrected chi connectivity index (χ2v) is 9.97. The average Bonchev–Trinajstić information content (AvgIpc) is 3.27. The minimum Gasteiger partial charge on any atom is -0.383 e. The topological polar surface area (TPSA) is 147 Å². The first-order chi connectivity index (χ1) is 19.8. The molecule has 41 heavy (non-hydrogen) atoms. The van der Waals surface area contributed by atoms with Crippen molar-refractivity contribution in [3.8, 4) is 0 Å². The van der Waals surface area contributed by atoms with Crippen molar-refractivity contribution in [2.24, 2.45) is 10.7 Å². The van der Waals surface area contributed by atoms with Gasteiger partial charge in [0.15, 0.2) is 6.10 Å². The Bertz CT molecular complexity index is 1280. The van der Waals surface area contributed by atoms with E-state index in [-0.39, 0.29) is 18.7 Å². The van der Waals surface area contributed by atoms with Crippen molar-refractivity contribution in [2.75, 3.05) is 56.2 Å². The van der Waals surface area contributed by atoms with Crippen molar-refractivity contribution in [1.82, 2.24) is 4.90 Å². The summed E-state index contributed by atoms with van der Waals surface area (Å²) >= 11 is 0. The predicted octanol–water partition coefficient (Wildman–Crippen LogP) is 1.71. The molecule has 0 saturated carbocycles. The second kappa shape index (κ2) is 14.2. The van der Waals surface area contributed by atoms with Crippen LogP contribution < -0.4 is 16.0 Å². The highest BCUT2D eigenvalue weighted by molar-refractivity contribution is 6.01. The molecule has 0 spiro atoms. The average molecular weight is 570 g/mol. The Morgan fingerprint density at radius 1 is 1.27 bits per heavy atom. The summed E-state index contributed by atoms with van der Waals surface area (Å²) in [7, 11) is 0. The van der Waals surface area contributed by atoms with Crippen LogP contribution in [0.3, 0.4) is 0 Å². The molecule has 2 aromatic carbocycles. The summed E-state index contributed by atoms with van der Waals surface area (Å²) < 4.78 is 25.6. The number of amidine groups is 1. The zero-order valence-electron chi connectivity index (χ0n) is 23.1. The molecule has 2 atom stereocenters. The molecule has 0 aromatic heterocycles. The number of rotatable bonds is 11. The molecule has 2 aliphatic rings. The van der Waals surface area contributed by atoms with E-state index in [1.165, 1.54) is 23.1 Å². The van der Waals surface area contributed by atoms with E-state index in [1.54, 1.807) is 24.0 Å². The first-order valence-electron chi connectivity index (χ1n) is 13.7. The standard InChI is InChI=1S/C29H36FN5O6/c1-19(26(37)28(38)33-21-4-6-23-20(16-21)8-9-32-27(23)31)41-14-3-11-35(18-36)22-5-7-25(30)24(17-22)29(39)34-10-2-13-40-15-12-34/h4-7,16-19,26,37H,2-3,8-15H2,1H3,(H2,31,32)(H,33,38). The lowest BCUT2D eigenvalue weighted by Gasteiger charge is -2.23. The lowest BCUT2D eigenvalue weighted by atomic mass is 10.0. The zero-order chi connectivity index (χ0) is 29.4. The molecule has 12 heteroatoms. The second-order valence-electron chi connectivity index (χ2n) is 9.97. The van der Waals surface area contributed by atoms with E-state index in [2.05, 4.69) is 10.3 Å². The monoisotopic (exact) mass is 569 g/mol. The lowest BCUT2D eigenvalue weighted by Crippen LogP contribution is -2.38. The molecule has 2 unspecified atom stereocenters. The van der Waals surface area contributed by atoms with Crippen LogP contribution in [-0.2, 0) is 25.5 Å². The number of carbonyl (C=O) groups excluding carboxylic acids is 3. The van der Waals surface area contributed by atoms with E-state index in [9.17, 15) is 23.9 Å². The molecular formula is C29H36FN5O6. The molecule has 1 saturated heterocycles. The number of anilines is 2. The Hall–Kier alpha value is -3.87. The summed E-state index contributed by atoms with van der Waals surface area (Å²) in [4.78, 5) is 44.4. The number of hydrogen-bond acceptors (Lipinski definition) is 8. The third-order valence-corrected chi connectivity index (χ3v) is 7.10. The van der Waals surface area contributed by atoms with Gasteiger partial charge in [-0.2, -0.15) is 0 Å². The molecule has 3 amide bonds. The van der Waals surface area contributed by atoms with E-state index in [1.807, 2.05) is 6.07 Å². The van der Waals surface area contributed by atoms with Gasteiger partial charge in [0.05, 0.1) is 18.3 Å². The van der Waals surface area contributed by atoms with Gasteiger partial charge in [0.25, 0.3) is 11.8 Å². The lowest BCUT2D eigenvalue weighted by molar-refractivity contribution is -0.131. The van der Waals surface area contributed by atoms with Crippen molar-refractivity contribution >= 4 is 35.4 Å². The number of amides is 3. The van der Waals surface area contributed by atoms with Crippen LogP contribution in [-0.4, -0.2) is 92.3 Å². The molecule has 220 valence electrons. The maximum atomic E-state index is 14.5. The fraction of sp³-hybridized carbons (Fsp3) is 0.448. The number of nitrogens with zero attached hydrogens (tertiary/aromatic N) is 3. The number of aliphatic hydroxyl groups is 1. The third-order valence-electron chi connectivity index (χ3n) is 7.10. The van der Waals surface area contributed by atoms with Crippen molar-refractivity contribution in [3.63, 3.8) is 0 Å². The number of benzene rings is 2. The van der Waals surface area contributed by atoms with Gasteiger partial charge >= 0.3 is 0 Å². The third kappa shape index (κ3) is 7.66. The molecule has 11 nitrogen and oxygen atoms in total. The Labute approximate surface area is 238 Å². The largest absolute Gasteiger partial charge is 0.383 e. The normalized spacial score (nSPS) is 16.6. The maximum absolute atomic E-state index is 14.5. The van der Waals surface area contributed by atoms with E-state index in [4.69, 9.17) is 15.2 Å². The van der Waals surface area contributed by atoms with Gasteiger partial charge in [-0.05, 0) is 68.1 Å². The summed E-state index contributed by atoms with van der Waals surface area (Å²) in [5.41, 5.74) is 8.54. The minimum atomic E-state index is -1.42. The van der Waals surface area contributed by atoms with Crippen LogP contribution in [0.25, 0.3) is 0 Å². The van der Waals surface area contributed by atoms with Gasteiger partial charge in [-0.15, -0.1) is 0 Å². The number of fused-ring (bicyclic) bond motifs is 1. The molecule has 4 rings (SSSR count). The van der Waals surface area contributed by atoms with E-state index in [0.717, 1.165) is 11.1 Å². The summed E-state index contributed by atoms with van der Waals surface area (Å²) in [6, 6.07) is 9.29. The number of aliphatic hydroxyl groups excluding tert-OH is 1. The van der Waals surface area contributed by atoms with Crippen LogP contribution in [0.1, 0.15) is 41.3 Å². The molecule has 2 aromatic rings. The summed E-state index contributed by atoms with van der Waals surface area (Å²) in [6.07, 6.45) is 0.119. The quantitative estimate of drug-likeness (QED) is 0.276. The van der Waals surface area contributed by atoms with Gasteiger partial charge in [0.2, 0.25) is 6.41 Å². The summed E-state index contributed by atoms with van der Waals surface area (Å²) in [5.74, 6) is -1.24. The first-order valence-corrected chi connectivity index (χ1v) is 13.7. The van der Waals surface area contributed by atoms with Crippen molar-refractivity contribution in [1.29, 1.82) is 0 Å². The van der Waals surface area contributed by atoms with Crippen LogP contribution in [0.15, 0.2) is 41.4 Å². The number of aliphatic imine (C=N–C) groups is 1. The van der Waals surface area contributed by atoms with Gasteiger partial charge in [0.1, 0.15) is 11.7 Å². The summed E-state index contributed by atoms with van der Waals surface area (Å²) in [6.45, 7) is 4.31. The molecule has 1 fully saturated rings. The van der Waals surface area contributed by atoms with Crippen LogP contribution in [0, 0.1) is 5.82 Å². The number of nitrogens with one attached hydrogen (secondary N) is 1. The molecule has 2 heterocycles. The maximum Gasteiger partial charge on any atom is 0.256 e. The number of ether oxygens (including phenoxy) is 2. The van der Waals surface area contributed by atoms with Crippen molar-refractivity contribution in [3.05, 3.63) is 58.9 Å². The highest BCUT2D eigenvalue weighted by Gasteiger charge is 2.25. The molecule has 2 aliphatic heterocycles. The minimum absolute atomic E-state index is 0.106. The SMILES string of the molecule is CC(OCCCN(C=O)c1ccc(F)c(C(=O)N2CCCOCC2)c1)C(O)C(=O)Nc1ccc2c(c1)CCN=C2N. The van der Waals surface area contributed by atoms with Crippen LogP contribution in [0.5, 0.6) is 0 Å². The fourth-order valence-corrected chi connectivity index (χ4v) is 4.75.